The summed E-state index contributed by atoms with van der Waals surface area (Å²) in [6.07, 6.45) is 16.0. The van der Waals surface area contributed by atoms with E-state index in [1.807, 2.05) is 0 Å². The first kappa shape index (κ1) is 20.1. The van der Waals surface area contributed by atoms with E-state index in [9.17, 15) is 14.7 Å². The number of carbonyl (C=O) groups excluding carboxylic acids is 2. The van der Waals surface area contributed by atoms with Crippen molar-refractivity contribution in [2.75, 3.05) is 6.61 Å². The summed E-state index contributed by atoms with van der Waals surface area (Å²) in [6, 6.07) is 0. The molecule has 1 spiro atoms. The van der Waals surface area contributed by atoms with Gasteiger partial charge in [-0.2, -0.15) is 0 Å². The molecule has 0 bridgehead atoms. The van der Waals surface area contributed by atoms with Crippen molar-refractivity contribution in [3.8, 4) is 0 Å². The molecule has 5 nitrogen and oxygen atoms in total. The van der Waals surface area contributed by atoms with Crippen LogP contribution >= 0.6 is 0 Å². The van der Waals surface area contributed by atoms with Crippen LogP contribution in [0.1, 0.15) is 59.3 Å². The maximum Gasteiger partial charge on any atom is 0.417 e. The second-order valence-electron chi connectivity index (χ2n) is 9.67. The van der Waals surface area contributed by atoms with Gasteiger partial charge < -0.3 is 9.84 Å². The standard InChI is InChI=1S/C24H31NO4/c1-23(2,3)29-22(28)25-21(27)19(15-26)13-24(25)14-20(24)18-11-9-17(10-12-18)16-7-5-4-6-8-16/h5,7-9,11,19-20,26H,4,6,10,12-15H2,1-3H3/t19?,20-,24+/m1/s1. The Hall–Kier alpha value is -2.14. The van der Waals surface area contributed by atoms with Gasteiger partial charge in [0.05, 0.1) is 18.1 Å². The van der Waals surface area contributed by atoms with E-state index in [-0.39, 0.29) is 18.4 Å². The fourth-order valence-electron chi connectivity index (χ4n) is 5.01. The van der Waals surface area contributed by atoms with Crippen LogP contribution in [0.3, 0.4) is 0 Å². The molecule has 2 amide bonds. The largest absolute Gasteiger partial charge is 0.443 e. The highest BCUT2D eigenvalue weighted by molar-refractivity contribution is 5.97. The molecule has 0 aromatic heterocycles. The van der Waals surface area contributed by atoms with Crippen LogP contribution in [0, 0.1) is 11.8 Å². The summed E-state index contributed by atoms with van der Waals surface area (Å²) in [6.45, 7) is 5.18. The Labute approximate surface area is 172 Å². The molecule has 2 fully saturated rings. The molecule has 4 aliphatic rings. The number of imide groups is 1. The van der Waals surface area contributed by atoms with Gasteiger partial charge in [-0.15, -0.1) is 0 Å². The number of carbonyl (C=O) groups is 2. The highest BCUT2D eigenvalue weighted by Gasteiger charge is 2.68. The van der Waals surface area contributed by atoms with Gasteiger partial charge in [0.2, 0.25) is 5.91 Å². The van der Waals surface area contributed by atoms with Crippen LogP contribution in [0.2, 0.25) is 0 Å². The summed E-state index contributed by atoms with van der Waals surface area (Å²) < 4.78 is 5.53. The minimum Gasteiger partial charge on any atom is -0.443 e. The minimum absolute atomic E-state index is 0.171. The van der Waals surface area contributed by atoms with Crippen LogP contribution in [-0.4, -0.2) is 39.8 Å². The Bertz CT molecular complexity index is 841. The highest BCUT2D eigenvalue weighted by atomic mass is 16.6. The molecule has 1 unspecified atom stereocenters. The Morgan fingerprint density at radius 2 is 2.03 bits per heavy atom. The van der Waals surface area contributed by atoms with E-state index in [4.69, 9.17) is 4.74 Å². The number of amides is 2. The molecule has 0 aromatic rings. The summed E-state index contributed by atoms with van der Waals surface area (Å²) in [4.78, 5) is 27.0. The SMILES string of the molecule is CC(C)(C)OC(=O)N1C(=O)C(CO)C[C@@]12C[C@@H]2C1=CC=C(C2=CCCC=C2)CC1. The summed E-state index contributed by atoms with van der Waals surface area (Å²) in [5.74, 6) is -0.640. The number of allylic oxidation sites excluding steroid dienone is 7. The predicted molar refractivity (Wildman–Crippen MR) is 111 cm³/mol. The third-order valence-electron chi connectivity index (χ3n) is 6.45. The van der Waals surface area contributed by atoms with Gasteiger partial charge in [-0.3, -0.25) is 4.79 Å². The van der Waals surface area contributed by atoms with Gasteiger partial charge in [-0.05, 0) is 70.4 Å². The molecule has 0 radical (unpaired) electrons. The topological polar surface area (TPSA) is 66.8 Å². The van der Waals surface area contributed by atoms with E-state index < -0.39 is 23.2 Å². The van der Waals surface area contributed by atoms with Crippen molar-refractivity contribution in [1.82, 2.24) is 4.90 Å². The van der Waals surface area contributed by atoms with E-state index in [1.54, 1.807) is 20.8 Å². The van der Waals surface area contributed by atoms with E-state index in [0.29, 0.717) is 6.42 Å². The number of hydrogen-bond acceptors (Lipinski definition) is 4. The smallest absolute Gasteiger partial charge is 0.417 e. The number of aliphatic hydroxyl groups excluding tert-OH is 1. The maximum atomic E-state index is 12.8. The van der Waals surface area contributed by atoms with Gasteiger partial charge in [-0.1, -0.05) is 36.0 Å². The summed E-state index contributed by atoms with van der Waals surface area (Å²) in [5, 5.41) is 9.67. The molecule has 29 heavy (non-hydrogen) atoms. The van der Waals surface area contributed by atoms with Crippen molar-refractivity contribution < 1.29 is 19.4 Å². The van der Waals surface area contributed by atoms with Crippen molar-refractivity contribution in [1.29, 1.82) is 0 Å². The molecule has 1 heterocycles. The van der Waals surface area contributed by atoms with Crippen molar-refractivity contribution in [3.63, 3.8) is 0 Å². The van der Waals surface area contributed by atoms with Crippen molar-refractivity contribution in [3.05, 3.63) is 47.1 Å². The Morgan fingerprint density at radius 3 is 2.62 bits per heavy atom. The van der Waals surface area contributed by atoms with Crippen LogP contribution in [0.5, 0.6) is 0 Å². The molecule has 1 saturated heterocycles. The summed E-state index contributed by atoms with van der Waals surface area (Å²) >= 11 is 0. The predicted octanol–water partition coefficient (Wildman–Crippen LogP) is 4.44. The Balaban J connectivity index is 1.55. The van der Waals surface area contributed by atoms with E-state index in [0.717, 1.165) is 32.1 Å². The van der Waals surface area contributed by atoms with Gasteiger partial charge >= 0.3 is 6.09 Å². The Morgan fingerprint density at radius 1 is 1.24 bits per heavy atom. The number of nitrogens with zero attached hydrogens (tertiary/aromatic N) is 1. The van der Waals surface area contributed by atoms with Gasteiger partial charge in [-0.25, -0.2) is 9.69 Å². The van der Waals surface area contributed by atoms with E-state index in [1.165, 1.54) is 21.6 Å². The zero-order chi connectivity index (χ0) is 20.8. The average molecular weight is 398 g/mol. The Kier molecular flexibility index (Phi) is 5.06. The van der Waals surface area contributed by atoms with Gasteiger partial charge in [0.15, 0.2) is 0 Å². The number of likely N-dealkylation sites (tertiary alicyclic amines) is 1. The van der Waals surface area contributed by atoms with Gasteiger partial charge in [0.1, 0.15) is 5.60 Å². The molecular weight excluding hydrogens is 366 g/mol. The van der Waals surface area contributed by atoms with Crippen molar-refractivity contribution >= 4 is 12.0 Å². The summed E-state index contributed by atoms with van der Waals surface area (Å²) in [5.41, 5.74) is 2.80. The minimum atomic E-state index is -0.663. The summed E-state index contributed by atoms with van der Waals surface area (Å²) in [7, 11) is 0. The fourth-order valence-corrected chi connectivity index (χ4v) is 5.01. The van der Waals surface area contributed by atoms with Crippen LogP contribution < -0.4 is 0 Å². The lowest BCUT2D eigenvalue weighted by atomic mass is 9.87. The quantitative estimate of drug-likeness (QED) is 0.764. The lowest BCUT2D eigenvalue weighted by molar-refractivity contribution is -0.132. The van der Waals surface area contributed by atoms with Crippen LogP contribution in [0.15, 0.2) is 47.1 Å². The highest BCUT2D eigenvalue weighted by Crippen LogP contribution is 2.61. The number of rotatable bonds is 3. The molecule has 0 aromatic carbocycles. The van der Waals surface area contributed by atoms with Gasteiger partial charge in [0.25, 0.3) is 0 Å². The van der Waals surface area contributed by atoms with Crippen LogP contribution in [0.25, 0.3) is 0 Å². The maximum absolute atomic E-state index is 12.8. The zero-order valence-electron chi connectivity index (χ0n) is 17.6. The molecule has 5 heteroatoms. The van der Waals surface area contributed by atoms with Crippen LogP contribution in [-0.2, 0) is 9.53 Å². The second kappa shape index (κ2) is 7.28. The molecule has 1 saturated carbocycles. The second-order valence-corrected chi connectivity index (χ2v) is 9.67. The van der Waals surface area contributed by atoms with E-state index in [2.05, 4.69) is 30.4 Å². The monoisotopic (exact) mass is 397 g/mol. The van der Waals surface area contributed by atoms with Gasteiger partial charge in [0, 0.05) is 5.92 Å². The number of ether oxygens (including phenoxy) is 1. The van der Waals surface area contributed by atoms with Crippen LogP contribution in [0.4, 0.5) is 4.79 Å². The average Bonchev–Trinajstić information content (AvgIpc) is 3.31. The third kappa shape index (κ3) is 3.73. The lowest BCUT2D eigenvalue weighted by Gasteiger charge is -2.28. The molecule has 3 atom stereocenters. The fraction of sp³-hybridized carbons (Fsp3) is 0.583. The molecule has 3 aliphatic carbocycles. The molecule has 1 N–H and O–H groups in total. The molecule has 1 aliphatic heterocycles. The first-order chi connectivity index (χ1) is 13.7. The first-order valence-electron chi connectivity index (χ1n) is 10.7. The third-order valence-corrected chi connectivity index (χ3v) is 6.45. The zero-order valence-corrected chi connectivity index (χ0v) is 17.6. The molecule has 156 valence electrons. The van der Waals surface area contributed by atoms with E-state index >= 15 is 0 Å². The lowest BCUT2D eigenvalue weighted by Crippen LogP contribution is -2.45. The number of aliphatic hydroxyl groups is 1. The first-order valence-corrected chi connectivity index (χ1v) is 10.7. The molecular formula is C24H31NO4. The number of hydrogen-bond donors (Lipinski definition) is 1. The van der Waals surface area contributed by atoms with Crippen molar-refractivity contribution in [2.24, 2.45) is 11.8 Å². The molecule has 4 rings (SSSR count). The normalized spacial score (nSPS) is 31.5. The van der Waals surface area contributed by atoms with Crippen molar-refractivity contribution in [2.45, 2.75) is 70.4 Å².